The number of dihydropyridines is 1. The monoisotopic (exact) mass is 502 g/mol. The van der Waals surface area contributed by atoms with E-state index in [1.165, 1.54) is 0 Å². The van der Waals surface area contributed by atoms with Gasteiger partial charge in [0.25, 0.3) is 5.91 Å². The Morgan fingerprint density at radius 2 is 1.89 bits per heavy atom. The highest BCUT2D eigenvalue weighted by atomic mass is 19.4. The summed E-state index contributed by atoms with van der Waals surface area (Å²) < 4.78 is 38.6. The van der Waals surface area contributed by atoms with E-state index in [1.807, 2.05) is 57.7 Å². The van der Waals surface area contributed by atoms with Crippen LogP contribution in [-0.2, 0) is 11.0 Å². The van der Waals surface area contributed by atoms with E-state index >= 15 is 0 Å². The Labute approximate surface area is 209 Å². The van der Waals surface area contributed by atoms with Gasteiger partial charge >= 0.3 is 6.18 Å². The number of carbonyl (C=O) groups is 1. The number of nitrogens with zero attached hydrogens (tertiary/aromatic N) is 4. The molecule has 0 saturated heterocycles. The normalized spacial score (nSPS) is 15.6. The Morgan fingerprint density at radius 1 is 1.14 bits per heavy atom. The van der Waals surface area contributed by atoms with Crippen LogP contribution < -0.4 is 10.6 Å². The number of halogens is 3. The molecule has 36 heavy (non-hydrogen) atoms. The van der Waals surface area contributed by atoms with Gasteiger partial charge in [0.05, 0.1) is 35.4 Å². The number of hydrogen-bond acceptors (Lipinski definition) is 6. The predicted octanol–water partition coefficient (Wildman–Crippen LogP) is 4.98. The molecule has 0 radical (unpaired) electrons. The summed E-state index contributed by atoms with van der Waals surface area (Å²) in [6.45, 7) is 10.9. The molecule has 0 saturated carbocycles. The fraction of sp³-hybridized carbons (Fsp3) is 0.462. The van der Waals surface area contributed by atoms with Gasteiger partial charge in [-0.15, -0.1) is 0 Å². The van der Waals surface area contributed by atoms with Crippen LogP contribution in [0.5, 0.6) is 0 Å². The summed E-state index contributed by atoms with van der Waals surface area (Å²) in [4.78, 5) is 27.7. The minimum Gasteiger partial charge on any atom is -0.379 e. The minimum atomic E-state index is -4.55. The highest BCUT2D eigenvalue weighted by Crippen LogP contribution is 2.28. The van der Waals surface area contributed by atoms with Gasteiger partial charge in [-0.2, -0.15) is 13.2 Å². The molecule has 0 aromatic carbocycles. The van der Waals surface area contributed by atoms with Crippen molar-refractivity contribution >= 4 is 17.4 Å². The zero-order valence-electron chi connectivity index (χ0n) is 21.3. The van der Waals surface area contributed by atoms with Crippen molar-refractivity contribution in [3.63, 3.8) is 0 Å². The number of pyridine rings is 1. The molecule has 2 N–H and O–H groups in total. The van der Waals surface area contributed by atoms with Crippen molar-refractivity contribution in [2.24, 2.45) is 0 Å². The van der Waals surface area contributed by atoms with Crippen molar-refractivity contribution < 1.29 is 18.0 Å². The van der Waals surface area contributed by atoms with Gasteiger partial charge in [-0.1, -0.05) is 25.5 Å². The maximum Gasteiger partial charge on any atom is 0.434 e. The van der Waals surface area contributed by atoms with Crippen molar-refractivity contribution in [2.45, 2.75) is 65.7 Å². The van der Waals surface area contributed by atoms with Crippen molar-refractivity contribution in [2.75, 3.05) is 18.4 Å². The Bertz CT molecular complexity index is 1130. The molecular weight excluding hydrogens is 469 g/mol. The molecule has 1 aliphatic heterocycles. The number of alkyl halides is 3. The van der Waals surface area contributed by atoms with Crippen LogP contribution in [0.1, 0.15) is 57.5 Å². The molecular formula is C26H33F3N6O. The second kappa shape index (κ2) is 11.5. The second-order valence-electron chi connectivity index (χ2n) is 8.81. The van der Waals surface area contributed by atoms with E-state index in [1.54, 1.807) is 6.20 Å². The SMILES string of the molecule is CCC(Nc1cnc(C(F)(F)F)cn1)C(CC)N(CC)C(=O)C1=C(c2ncccc2C)NCC(C)=C1. The highest BCUT2D eigenvalue weighted by Gasteiger charge is 2.34. The molecule has 3 rings (SSSR count). The zero-order chi connectivity index (χ0) is 26.5. The second-order valence-corrected chi connectivity index (χ2v) is 8.81. The number of hydrogen-bond donors (Lipinski definition) is 2. The van der Waals surface area contributed by atoms with E-state index in [-0.39, 0.29) is 23.8 Å². The van der Waals surface area contributed by atoms with E-state index in [9.17, 15) is 18.0 Å². The molecule has 1 aliphatic rings. The minimum absolute atomic E-state index is 0.130. The number of aromatic nitrogens is 3. The van der Waals surface area contributed by atoms with Gasteiger partial charge in [0, 0.05) is 25.3 Å². The Kier molecular flexibility index (Phi) is 8.70. The standard InChI is InChI=1S/C26H33F3N6O/c1-6-19(34-22-15-31-21(14-32-22)26(27,28)29)20(7-2)35(8-3)25(36)18-12-16(4)13-33-24(18)23-17(5)10-9-11-30-23/h9-12,14-15,19-20,33H,6-8,13H2,1-5H3,(H,32,34). The van der Waals surface area contributed by atoms with Crippen molar-refractivity contribution in [1.82, 2.24) is 25.2 Å². The first-order valence-corrected chi connectivity index (χ1v) is 12.1. The lowest BCUT2D eigenvalue weighted by Gasteiger charge is -2.37. The van der Waals surface area contributed by atoms with E-state index in [0.29, 0.717) is 43.4 Å². The first-order chi connectivity index (χ1) is 17.1. The van der Waals surface area contributed by atoms with Gasteiger partial charge in [-0.25, -0.2) is 9.97 Å². The number of nitrogens with one attached hydrogen (secondary N) is 2. The quantitative estimate of drug-likeness (QED) is 0.504. The molecule has 10 heteroatoms. The van der Waals surface area contributed by atoms with E-state index in [0.717, 1.165) is 23.0 Å². The summed E-state index contributed by atoms with van der Waals surface area (Å²) in [6.07, 6.45) is 2.13. The molecule has 2 unspecified atom stereocenters. The molecule has 2 aromatic rings. The van der Waals surface area contributed by atoms with Gasteiger partial charge < -0.3 is 15.5 Å². The van der Waals surface area contributed by atoms with Crippen molar-refractivity contribution in [3.05, 3.63) is 64.9 Å². The van der Waals surface area contributed by atoms with Gasteiger partial charge in [-0.3, -0.25) is 9.78 Å². The average Bonchev–Trinajstić information content (AvgIpc) is 2.86. The smallest absolute Gasteiger partial charge is 0.379 e. The largest absolute Gasteiger partial charge is 0.434 e. The van der Waals surface area contributed by atoms with Crippen LogP contribution in [0.25, 0.3) is 5.70 Å². The average molecular weight is 503 g/mol. The lowest BCUT2D eigenvalue weighted by atomic mass is 9.96. The number of likely N-dealkylation sites (N-methyl/N-ethyl adjacent to an activating group) is 1. The van der Waals surface area contributed by atoms with E-state index in [4.69, 9.17) is 0 Å². The maximum atomic E-state index is 14.0. The number of rotatable bonds is 9. The first-order valence-electron chi connectivity index (χ1n) is 12.1. The highest BCUT2D eigenvalue weighted by molar-refractivity contribution is 6.04. The molecule has 0 aliphatic carbocycles. The third-order valence-electron chi connectivity index (χ3n) is 6.28. The topological polar surface area (TPSA) is 83.0 Å². The fourth-order valence-electron chi connectivity index (χ4n) is 4.43. The van der Waals surface area contributed by atoms with Crippen molar-refractivity contribution in [3.8, 4) is 0 Å². The summed E-state index contributed by atoms with van der Waals surface area (Å²) in [5.74, 6) is 0.102. The predicted molar refractivity (Wildman–Crippen MR) is 134 cm³/mol. The van der Waals surface area contributed by atoms with Crippen LogP contribution in [0.2, 0.25) is 0 Å². The maximum absolute atomic E-state index is 14.0. The van der Waals surface area contributed by atoms with Crippen LogP contribution in [0.3, 0.4) is 0 Å². The van der Waals surface area contributed by atoms with E-state index < -0.39 is 11.9 Å². The summed E-state index contributed by atoms with van der Waals surface area (Å²) in [7, 11) is 0. The van der Waals surface area contributed by atoms with Crippen molar-refractivity contribution in [1.29, 1.82) is 0 Å². The number of amides is 1. The summed E-state index contributed by atoms with van der Waals surface area (Å²) >= 11 is 0. The van der Waals surface area contributed by atoms with Crippen LogP contribution in [-0.4, -0.2) is 50.9 Å². The number of carbonyl (C=O) groups excluding carboxylic acids is 1. The molecule has 0 spiro atoms. The number of aryl methyl sites for hydroxylation is 1. The molecule has 0 fully saturated rings. The van der Waals surface area contributed by atoms with Crippen LogP contribution in [0.4, 0.5) is 19.0 Å². The van der Waals surface area contributed by atoms with Crippen LogP contribution in [0.15, 0.2) is 47.9 Å². The van der Waals surface area contributed by atoms with Gasteiger partial charge in [0.15, 0.2) is 5.69 Å². The third kappa shape index (κ3) is 6.03. The third-order valence-corrected chi connectivity index (χ3v) is 6.28. The molecule has 2 aromatic heterocycles. The molecule has 194 valence electrons. The molecule has 3 heterocycles. The lowest BCUT2D eigenvalue weighted by molar-refractivity contribution is -0.141. The summed E-state index contributed by atoms with van der Waals surface area (Å²) in [6, 6.07) is 3.34. The van der Waals surface area contributed by atoms with Gasteiger partial charge in [0.1, 0.15) is 5.82 Å². The van der Waals surface area contributed by atoms with Crippen LogP contribution in [0, 0.1) is 6.92 Å². The van der Waals surface area contributed by atoms with E-state index in [2.05, 4.69) is 25.6 Å². The van der Waals surface area contributed by atoms with Crippen LogP contribution >= 0.6 is 0 Å². The lowest BCUT2D eigenvalue weighted by Crippen LogP contribution is -2.50. The molecule has 7 nitrogen and oxygen atoms in total. The Balaban J connectivity index is 1.93. The summed E-state index contributed by atoms with van der Waals surface area (Å²) in [5.41, 5.74) is 2.93. The Morgan fingerprint density at radius 3 is 2.44 bits per heavy atom. The molecule has 2 atom stereocenters. The first kappa shape index (κ1) is 27.2. The summed E-state index contributed by atoms with van der Waals surface area (Å²) in [5, 5.41) is 6.57. The Hall–Kier alpha value is -3.43. The van der Waals surface area contributed by atoms with Gasteiger partial charge in [0.2, 0.25) is 0 Å². The number of anilines is 1. The molecule has 1 amide bonds. The fourth-order valence-corrected chi connectivity index (χ4v) is 4.43. The zero-order valence-corrected chi connectivity index (χ0v) is 21.3. The molecule has 0 bridgehead atoms. The van der Waals surface area contributed by atoms with Gasteiger partial charge in [-0.05, 0) is 51.3 Å².